The maximum atomic E-state index is 5.58. The normalized spacial score (nSPS) is 11.0. The van der Waals surface area contributed by atoms with Crippen LogP contribution in [0.1, 0.15) is 24.7 Å². The minimum atomic E-state index is 0.588. The molecule has 14 heavy (non-hydrogen) atoms. The van der Waals surface area contributed by atoms with E-state index in [0.717, 1.165) is 29.7 Å². The number of fused-ring (bicyclic) bond motifs is 1. The molecule has 0 aliphatic carbocycles. The molecule has 2 aromatic rings. The van der Waals surface area contributed by atoms with E-state index in [1.54, 1.807) is 0 Å². The summed E-state index contributed by atoms with van der Waals surface area (Å²) < 4.78 is 2.13. The molecule has 3 heteroatoms. The van der Waals surface area contributed by atoms with Gasteiger partial charge in [0.25, 0.3) is 0 Å². The highest BCUT2D eigenvalue weighted by molar-refractivity contribution is 5.48. The van der Waals surface area contributed by atoms with Crippen LogP contribution in [-0.4, -0.2) is 9.38 Å². The summed E-state index contributed by atoms with van der Waals surface area (Å²) in [4.78, 5) is 4.38. The van der Waals surface area contributed by atoms with Crippen molar-refractivity contribution < 1.29 is 0 Å². The van der Waals surface area contributed by atoms with Crippen molar-refractivity contribution in [3.05, 3.63) is 35.9 Å². The average molecular weight is 189 g/mol. The van der Waals surface area contributed by atoms with Crippen LogP contribution in [0.4, 0.5) is 0 Å². The smallest absolute Gasteiger partial charge is 0.113 e. The molecule has 0 saturated heterocycles. The summed E-state index contributed by atoms with van der Waals surface area (Å²) in [5, 5.41) is 0. The fourth-order valence-corrected chi connectivity index (χ4v) is 1.64. The molecule has 74 valence electrons. The molecular weight excluding hydrogens is 174 g/mol. The largest absolute Gasteiger partial charge is 0.326 e. The number of imidazole rings is 1. The lowest BCUT2D eigenvalue weighted by atomic mass is 10.2. The quantitative estimate of drug-likeness (QED) is 0.799. The fourth-order valence-electron chi connectivity index (χ4n) is 1.64. The molecule has 0 saturated carbocycles. The van der Waals surface area contributed by atoms with Gasteiger partial charge >= 0.3 is 0 Å². The molecule has 0 atom stereocenters. The molecule has 3 nitrogen and oxygen atoms in total. The van der Waals surface area contributed by atoms with Gasteiger partial charge in [-0.15, -0.1) is 0 Å². The van der Waals surface area contributed by atoms with Crippen LogP contribution in [0, 0.1) is 0 Å². The first kappa shape index (κ1) is 9.21. The van der Waals surface area contributed by atoms with Gasteiger partial charge in [-0.25, -0.2) is 4.98 Å². The van der Waals surface area contributed by atoms with Crippen molar-refractivity contribution in [2.24, 2.45) is 5.73 Å². The summed E-state index contributed by atoms with van der Waals surface area (Å²) in [6.45, 7) is 2.75. The standard InChI is InChI=1S/C11H15N3/c1-2-3-11-13-8-10-6-9(7-12)4-5-14(10)11/h4-6,8H,2-3,7,12H2,1H3. The minimum Gasteiger partial charge on any atom is -0.326 e. The van der Waals surface area contributed by atoms with Gasteiger partial charge in [0.15, 0.2) is 0 Å². The first-order chi connectivity index (χ1) is 6.85. The van der Waals surface area contributed by atoms with Gasteiger partial charge in [-0.1, -0.05) is 6.92 Å². The number of rotatable bonds is 3. The fraction of sp³-hybridized carbons (Fsp3) is 0.364. The van der Waals surface area contributed by atoms with Gasteiger partial charge < -0.3 is 10.1 Å². The van der Waals surface area contributed by atoms with E-state index in [0.29, 0.717) is 6.54 Å². The van der Waals surface area contributed by atoms with Crippen LogP contribution in [0.25, 0.3) is 5.52 Å². The van der Waals surface area contributed by atoms with E-state index in [1.165, 1.54) is 0 Å². The zero-order chi connectivity index (χ0) is 9.97. The molecular formula is C11H15N3. The summed E-state index contributed by atoms with van der Waals surface area (Å²) >= 11 is 0. The molecule has 2 aromatic heterocycles. The average Bonchev–Trinajstić information content (AvgIpc) is 2.61. The van der Waals surface area contributed by atoms with Crippen LogP contribution in [-0.2, 0) is 13.0 Å². The Bertz CT molecular complexity index is 431. The van der Waals surface area contributed by atoms with E-state index in [-0.39, 0.29) is 0 Å². The van der Waals surface area contributed by atoms with Crippen LogP contribution >= 0.6 is 0 Å². The molecule has 2 heterocycles. The van der Waals surface area contributed by atoms with E-state index >= 15 is 0 Å². The lowest BCUT2D eigenvalue weighted by molar-refractivity contribution is 0.829. The summed E-state index contributed by atoms with van der Waals surface area (Å²) in [6.07, 6.45) is 6.10. The molecule has 0 aliphatic rings. The molecule has 0 amide bonds. The summed E-state index contributed by atoms with van der Waals surface area (Å²) in [7, 11) is 0. The molecule has 0 aromatic carbocycles. The second-order valence-electron chi connectivity index (χ2n) is 3.46. The molecule has 0 spiro atoms. The topological polar surface area (TPSA) is 43.3 Å². The van der Waals surface area contributed by atoms with Crippen LogP contribution in [0.15, 0.2) is 24.5 Å². The van der Waals surface area contributed by atoms with Gasteiger partial charge in [0.2, 0.25) is 0 Å². The third kappa shape index (κ3) is 1.51. The van der Waals surface area contributed by atoms with E-state index in [2.05, 4.69) is 28.6 Å². The first-order valence-electron chi connectivity index (χ1n) is 5.00. The predicted molar refractivity (Wildman–Crippen MR) is 57.1 cm³/mol. The Labute approximate surface area is 83.6 Å². The minimum absolute atomic E-state index is 0.588. The number of nitrogens with two attached hydrogens (primary N) is 1. The Morgan fingerprint density at radius 3 is 3.07 bits per heavy atom. The van der Waals surface area contributed by atoms with Crippen molar-refractivity contribution >= 4 is 5.52 Å². The lowest BCUT2D eigenvalue weighted by Gasteiger charge is -2.01. The second-order valence-corrected chi connectivity index (χ2v) is 3.46. The van der Waals surface area contributed by atoms with Crippen LogP contribution in [0.3, 0.4) is 0 Å². The molecule has 0 unspecified atom stereocenters. The summed E-state index contributed by atoms with van der Waals surface area (Å²) in [6, 6.07) is 4.14. The van der Waals surface area contributed by atoms with Crippen molar-refractivity contribution in [3.63, 3.8) is 0 Å². The van der Waals surface area contributed by atoms with E-state index in [1.807, 2.05) is 12.3 Å². The zero-order valence-corrected chi connectivity index (χ0v) is 8.40. The van der Waals surface area contributed by atoms with Crippen LogP contribution in [0.5, 0.6) is 0 Å². The number of hydrogen-bond acceptors (Lipinski definition) is 2. The molecule has 0 bridgehead atoms. The maximum Gasteiger partial charge on any atom is 0.113 e. The van der Waals surface area contributed by atoms with E-state index in [4.69, 9.17) is 5.73 Å². The van der Waals surface area contributed by atoms with Crippen LogP contribution in [0.2, 0.25) is 0 Å². The third-order valence-corrected chi connectivity index (χ3v) is 2.38. The van der Waals surface area contributed by atoms with Gasteiger partial charge in [0.1, 0.15) is 5.82 Å². The van der Waals surface area contributed by atoms with Crippen molar-refractivity contribution in [2.45, 2.75) is 26.3 Å². The Kier molecular flexibility index (Phi) is 2.50. The number of nitrogens with zero attached hydrogens (tertiary/aromatic N) is 2. The molecule has 2 rings (SSSR count). The molecule has 0 radical (unpaired) electrons. The van der Waals surface area contributed by atoms with E-state index < -0.39 is 0 Å². The highest BCUT2D eigenvalue weighted by Crippen LogP contribution is 2.10. The number of hydrogen-bond donors (Lipinski definition) is 1. The first-order valence-corrected chi connectivity index (χ1v) is 5.00. The molecule has 0 fully saturated rings. The molecule has 2 N–H and O–H groups in total. The van der Waals surface area contributed by atoms with Gasteiger partial charge in [-0.3, -0.25) is 0 Å². The zero-order valence-electron chi connectivity index (χ0n) is 8.40. The van der Waals surface area contributed by atoms with Crippen molar-refractivity contribution in [1.29, 1.82) is 0 Å². The maximum absolute atomic E-state index is 5.58. The second kappa shape index (κ2) is 3.80. The Morgan fingerprint density at radius 2 is 2.36 bits per heavy atom. The number of aryl methyl sites for hydroxylation is 1. The highest BCUT2D eigenvalue weighted by atomic mass is 15.0. The Hall–Kier alpha value is -1.35. The van der Waals surface area contributed by atoms with Crippen molar-refractivity contribution in [3.8, 4) is 0 Å². The summed E-state index contributed by atoms with van der Waals surface area (Å²) in [5.74, 6) is 1.13. The summed E-state index contributed by atoms with van der Waals surface area (Å²) in [5.41, 5.74) is 7.87. The van der Waals surface area contributed by atoms with Gasteiger partial charge in [0.05, 0.1) is 11.7 Å². The van der Waals surface area contributed by atoms with Gasteiger partial charge in [0, 0.05) is 19.2 Å². The van der Waals surface area contributed by atoms with Gasteiger partial charge in [-0.05, 0) is 24.1 Å². The Balaban J connectivity index is 2.48. The van der Waals surface area contributed by atoms with Crippen LogP contribution < -0.4 is 5.73 Å². The molecule has 0 aliphatic heterocycles. The van der Waals surface area contributed by atoms with Crippen molar-refractivity contribution in [1.82, 2.24) is 9.38 Å². The lowest BCUT2D eigenvalue weighted by Crippen LogP contribution is -1.98. The number of aromatic nitrogens is 2. The highest BCUT2D eigenvalue weighted by Gasteiger charge is 2.02. The SMILES string of the molecule is CCCc1ncc2cc(CN)ccn12. The third-order valence-electron chi connectivity index (χ3n) is 2.38. The monoisotopic (exact) mass is 189 g/mol. The van der Waals surface area contributed by atoms with Gasteiger partial charge in [-0.2, -0.15) is 0 Å². The van der Waals surface area contributed by atoms with E-state index in [9.17, 15) is 0 Å². The Morgan fingerprint density at radius 1 is 1.50 bits per heavy atom. The van der Waals surface area contributed by atoms with Crippen molar-refractivity contribution in [2.75, 3.05) is 0 Å². The number of pyridine rings is 1. The predicted octanol–water partition coefficient (Wildman–Crippen LogP) is 1.75.